The molecule has 0 bridgehead atoms. The van der Waals surface area contributed by atoms with Gasteiger partial charge in [-0.1, -0.05) is 13.3 Å². The predicted molar refractivity (Wildman–Crippen MR) is 43.7 cm³/mol. The van der Waals surface area contributed by atoms with Gasteiger partial charge >= 0.3 is 0 Å². The molecule has 0 aromatic carbocycles. The first-order valence-electron chi connectivity index (χ1n) is 3.92. The lowest BCUT2D eigenvalue weighted by Crippen LogP contribution is -2.38. The number of hydrogen-bond donors (Lipinski definition) is 1. The highest BCUT2D eigenvalue weighted by atomic mass is 16.5. The molecule has 0 saturated carbocycles. The van der Waals surface area contributed by atoms with E-state index < -0.39 is 5.72 Å². The predicted octanol–water partition coefficient (Wildman–Crippen LogP) is 1.89. The summed E-state index contributed by atoms with van der Waals surface area (Å²) in [4.78, 5) is 0. The van der Waals surface area contributed by atoms with E-state index in [0.29, 0.717) is 0 Å². The van der Waals surface area contributed by atoms with E-state index in [4.69, 9.17) is 10.5 Å². The van der Waals surface area contributed by atoms with Crippen molar-refractivity contribution in [3.8, 4) is 0 Å². The number of hydrogen-bond acceptors (Lipinski definition) is 2. The molecule has 0 aliphatic heterocycles. The van der Waals surface area contributed by atoms with Gasteiger partial charge in [0, 0.05) is 0 Å². The van der Waals surface area contributed by atoms with E-state index in [2.05, 4.69) is 13.8 Å². The minimum Gasteiger partial charge on any atom is -0.359 e. The lowest BCUT2D eigenvalue weighted by Gasteiger charge is -2.24. The molecule has 0 amide bonds. The zero-order chi connectivity index (χ0) is 8.20. The van der Waals surface area contributed by atoms with Gasteiger partial charge in [-0.3, -0.25) is 0 Å². The minimum absolute atomic E-state index is 0.282. The maximum absolute atomic E-state index is 5.64. The zero-order valence-corrected chi connectivity index (χ0v) is 7.48. The van der Waals surface area contributed by atoms with E-state index in [1.807, 2.05) is 13.8 Å². The van der Waals surface area contributed by atoms with Crippen molar-refractivity contribution in [3.63, 3.8) is 0 Å². The molecular formula is C8H19NO. The Kier molecular flexibility index (Phi) is 3.91. The van der Waals surface area contributed by atoms with Crippen molar-refractivity contribution in [1.82, 2.24) is 0 Å². The fourth-order valence-corrected chi connectivity index (χ4v) is 0.984. The van der Waals surface area contributed by atoms with Crippen molar-refractivity contribution in [2.24, 2.45) is 5.73 Å². The second-order valence-corrected chi connectivity index (χ2v) is 3.32. The second kappa shape index (κ2) is 3.94. The monoisotopic (exact) mass is 145 g/mol. The van der Waals surface area contributed by atoms with Crippen molar-refractivity contribution in [2.45, 2.75) is 52.4 Å². The fraction of sp³-hybridized carbons (Fsp3) is 1.00. The Morgan fingerprint density at radius 3 is 2.30 bits per heavy atom. The lowest BCUT2D eigenvalue weighted by molar-refractivity contribution is -0.0623. The standard InChI is InChI=1S/C8H19NO/c1-5-6-7(2)10-8(3,4)9/h7H,5-6,9H2,1-4H3. The van der Waals surface area contributed by atoms with E-state index in [9.17, 15) is 0 Å². The maximum atomic E-state index is 5.64. The highest BCUT2D eigenvalue weighted by Gasteiger charge is 2.14. The highest BCUT2D eigenvalue weighted by molar-refractivity contribution is 4.60. The summed E-state index contributed by atoms with van der Waals surface area (Å²) < 4.78 is 5.46. The molecule has 2 nitrogen and oxygen atoms in total. The average molecular weight is 145 g/mol. The topological polar surface area (TPSA) is 35.2 Å². The summed E-state index contributed by atoms with van der Waals surface area (Å²) in [6.07, 6.45) is 2.52. The van der Waals surface area contributed by atoms with Crippen molar-refractivity contribution < 1.29 is 4.74 Å². The first-order valence-corrected chi connectivity index (χ1v) is 3.92. The second-order valence-electron chi connectivity index (χ2n) is 3.32. The molecule has 0 aliphatic rings. The molecular weight excluding hydrogens is 126 g/mol. The molecule has 0 aromatic heterocycles. The van der Waals surface area contributed by atoms with E-state index >= 15 is 0 Å². The maximum Gasteiger partial charge on any atom is 0.111 e. The third kappa shape index (κ3) is 6.05. The summed E-state index contributed by atoms with van der Waals surface area (Å²) in [6.45, 7) is 7.94. The van der Waals surface area contributed by atoms with Crippen LogP contribution < -0.4 is 5.73 Å². The van der Waals surface area contributed by atoms with Crippen LogP contribution in [0.3, 0.4) is 0 Å². The van der Waals surface area contributed by atoms with Gasteiger partial charge in [0.05, 0.1) is 6.10 Å². The van der Waals surface area contributed by atoms with Crippen molar-refractivity contribution >= 4 is 0 Å². The molecule has 0 saturated heterocycles. The summed E-state index contributed by atoms with van der Waals surface area (Å²) in [6, 6.07) is 0. The summed E-state index contributed by atoms with van der Waals surface area (Å²) >= 11 is 0. The Bertz CT molecular complexity index is 85.7. The van der Waals surface area contributed by atoms with Gasteiger partial charge in [0.2, 0.25) is 0 Å². The molecule has 1 atom stereocenters. The smallest absolute Gasteiger partial charge is 0.111 e. The van der Waals surface area contributed by atoms with Gasteiger partial charge in [-0.15, -0.1) is 0 Å². The third-order valence-electron chi connectivity index (χ3n) is 1.20. The minimum atomic E-state index is -0.478. The Hall–Kier alpha value is -0.0800. The number of rotatable bonds is 4. The Morgan fingerprint density at radius 2 is 2.00 bits per heavy atom. The molecule has 2 heteroatoms. The van der Waals surface area contributed by atoms with Crippen LogP contribution in [0.15, 0.2) is 0 Å². The first-order chi connectivity index (χ1) is 4.45. The number of nitrogens with two attached hydrogens (primary N) is 1. The lowest BCUT2D eigenvalue weighted by atomic mass is 10.2. The molecule has 0 spiro atoms. The van der Waals surface area contributed by atoms with Crippen molar-refractivity contribution in [3.05, 3.63) is 0 Å². The zero-order valence-electron chi connectivity index (χ0n) is 7.48. The quantitative estimate of drug-likeness (QED) is 0.613. The van der Waals surface area contributed by atoms with Gasteiger partial charge < -0.3 is 10.5 Å². The van der Waals surface area contributed by atoms with Crippen LogP contribution in [0, 0.1) is 0 Å². The highest BCUT2D eigenvalue weighted by Crippen LogP contribution is 2.08. The van der Waals surface area contributed by atoms with E-state index in [1.54, 1.807) is 0 Å². The van der Waals surface area contributed by atoms with Gasteiger partial charge in [-0.25, -0.2) is 0 Å². The van der Waals surface area contributed by atoms with Crippen LogP contribution in [0.2, 0.25) is 0 Å². The Labute approximate surface area is 63.7 Å². The molecule has 0 aromatic rings. The first kappa shape index (κ1) is 9.92. The molecule has 0 aliphatic carbocycles. The normalized spacial score (nSPS) is 15.3. The van der Waals surface area contributed by atoms with E-state index in [0.717, 1.165) is 12.8 Å². The summed E-state index contributed by atoms with van der Waals surface area (Å²) in [5.74, 6) is 0. The molecule has 0 heterocycles. The molecule has 0 fully saturated rings. The van der Waals surface area contributed by atoms with Gasteiger partial charge in [0.1, 0.15) is 5.72 Å². The fourth-order valence-electron chi connectivity index (χ4n) is 0.984. The van der Waals surface area contributed by atoms with Gasteiger partial charge in [-0.05, 0) is 27.2 Å². The van der Waals surface area contributed by atoms with Crippen LogP contribution in [0.5, 0.6) is 0 Å². The summed E-state index contributed by atoms with van der Waals surface area (Å²) in [7, 11) is 0. The molecule has 10 heavy (non-hydrogen) atoms. The molecule has 0 radical (unpaired) electrons. The van der Waals surface area contributed by atoms with Crippen LogP contribution in [0.25, 0.3) is 0 Å². The third-order valence-corrected chi connectivity index (χ3v) is 1.20. The van der Waals surface area contributed by atoms with E-state index in [-0.39, 0.29) is 6.10 Å². The van der Waals surface area contributed by atoms with Crippen molar-refractivity contribution in [2.75, 3.05) is 0 Å². The van der Waals surface area contributed by atoms with E-state index in [1.165, 1.54) is 0 Å². The van der Waals surface area contributed by atoms with Crippen LogP contribution >= 0.6 is 0 Å². The van der Waals surface area contributed by atoms with Gasteiger partial charge in [-0.2, -0.15) is 0 Å². The van der Waals surface area contributed by atoms with Gasteiger partial charge in [0.15, 0.2) is 0 Å². The molecule has 1 unspecified atom stereocenters. The molecule has 2 N–H and O–H groups in total. The SMILES string of the molecule is CCCC(C)OC(C)(C)N. The van der Waals surface area contributed by atoms with Crippen LogP contribution in [0.4, 0.5) is 0 Å². The largest absolute Gasteiger partial charge is 0.359 e. The molecule has 0 rings (SSSR count). The van der Waals surface area contributed by atoms with Crippen LogP contribution in [0.1, 0.15) is 40.5 Å². The van der Waals surface area contributed by atoms with Gasteiger partial charge in [0.25, 0.3) is 0 Å². The van der Waals surface area contributed by atoms with Crippen LogP contribution in [-0.4, -0.2) is 11.8 Å². The van der Waals surface area contributed by atoms with Crippen LogP contribution in [-0.2, 0) is 4.74 Å². The molecule has 62 valence electrons. The average Bonchev–Trinajstić information content (AvgIpc) is 1.59. The van der Waals surface area contributed by atoms with Crippen molar-refractivity contribution in [1.29, 1.82) is 0 Å². The number of ether oxygens (including phenoxy) is 1. The summed E-state index contributed by atoms with van der Waals surface area (Å²) in [5, 5.41) is 0. The Morgan fingerprint density at radius 1 is 1.50 bits per heavy atom. The summed E-state index contributed by atoms with van der Waals surface area (Å²) in [5.41, 5.74) is 5.17. The Balaban J connectivity index is 3.47.